The van der Waals surface area contributed by atoms with Gasteiger partial charge in [-0.1, -0.05) is 42.5 Å². The summed E-state index contributed by atoms with van der Waals surface area (Å²) in [5.41, 5.74) is -0.250. The van der Waals surface area contributed by atoms with Crippen LogP contribution in [0.15, 0.2) is 64.2 Å². The summed E-state index contributed by atoms with van der Waals surface area (Å²) in [5, 5.41) is 14.4. The number of fused-ring (bicyclic) bond motifs is 1. The first-order valence-corrected chi connectivity index (χ1v) is 11.1. The molecule has 9 heteroatoms. The van der Waals surface area contributed by atoms with E-state index in [0.29, 0.717) is 16.8 Å². The van der Waals surface area contributed by atoms with Gasteiger partial charge >= 0.3 is 5.69 Å². The Hall–Kier alpha value is -3.33. The lowest BCUT2D eigenvalue weighted by molar-refractivity contribution is -0.308. The van der Waals surface area contributed by atoms with E-state index in [4.69, 9.17) is 0 Å². The molecule has 3 aromatic rings. The van der Waals surface area contributed by atoms with Crippen LogP contribution < -0.4 is 21.7 Å². The van der Waals surface area contributed by atoms with Gasteiger partial charge in [0, 0.05) is 0 Å². The van der Waals surface area contributed by atoms with Gasteiger partial charge in [0.15, 0.2) is 0 Å². The van der Waals surface area contributed by atoms with E-state index in [-0.39, 0.29) is 18.2 Å². The number of benzene rings is 2. The van der Waals surface area contributed by atoms with Crippen molar-refractivity contribution in [3.05, 3.63) is 81.0 Å². The second kappa shape index (κ2) is 10.1. The van der Waals surface area contributed by atoms with E-state index >= 15 is 0 Å². The van der Waals surface area contributed by atoms with Crippen LogP contribution in [0.3, 0.4) is 0 Å². The predicted octanol–water partition coefficient (Wildman–Crippen LogP) is 0.461. The largest absolute Gasteiger partial charge is 0.548 e. The maximum atomic E-state index is 13.1. The summed E-state index contributed by atoms with van der Waals surface area (Å²) in [4.78, 5) is 53.0. The van der Waals surface area contributed by atoms with Gasteiger partial charge in [-0.2, -0.15) is 11.8 Å². The summed E-state index contributed by atoms with van der Waals surface area (Å²) in [7, 11) is 0. The zero-order chi connectivity index (χ0) is 22.4. The first kappa shape index (κ1) is 22.4. The van der Waals surface area contributed by atoms with Crippen molar-refractivity contribution in [3.63, 3.8) is 0 Å². The second-order valence-corrected chi connectivity index (χ2v) is 8.00. The minimum absolute atomic E-state index is 0.0210. The molecule has 2 N–H and O–H groups in total. The van der Waals surface area contributed by atoms with Crippen LogP contribution in [0.4, 0.5) is 0 Å². The van der Waals surface area contributed by atoms with Crippen molar-refractivity contribution in [3.8, 4) is 0 Å². The zero-order valence-corrected chi connectivity index (χ0v) is 17.7. The van der Waals surface area contributed by atoms with Gasteiger partial charge in [-0.05, 0) is 42.5 Å². The van der Waals surface area contributed by atoms with Gasteiger partial charge in [-0.3, -0.25) is 9.59 Å². The van der Waals surface area contributed by atoms with Crippen molar-refractivity contribution >= 4 is 34.5 Å². The van der Waals surface area contributed by atoms with E-state index in [9.17, 15) is 24.3 Å². The lowest BCUT2D eigenvalue weighted by Gasteiger charge is -2.24. The highest BCUT2D eigenvalue weighted by atomic mass is 32.2. The molecule has 1 heterocycles. The number of nitrogens with one attached hydrogen (secondary N) is 2. The average Bonchev–Trinajstić information content (AvgIpc) is 2.76. The van der Waals surface area contributed by atoms with Crippen molar-refractivity contribution in [2.45, 2.75) is 24.9 Å². The van der Waals surface area contributed by atoms with E-state index in [0.717, 1.165) is 4.57 Å². The Bertz CT molecular complexity index is 1190. The Balaban J connectivity index is 1.96. The van der Waals surface area contributed by atoms with E-state index in [1.807, 2.05) is 6.26 Å². The fourth-order valence-corrected chi connectivity index (χ4v) is 3.84. The van der Waals surface area contributed by atoms with Crippen LogP contribution >= 0.6 is 11.8 Å². The van der Waals surface area contributed by atoms with Gasteiger partial charge in [0.1, 0.15) is 6.04 Å². The van der Waals surface area contributed by atoms with Gasteiger partial charge in [-0.15, -0.1) is 0 Å². The number of nitrogens with zero attached hydrogens (tertiary/aromatic N) is 1. The number of para-hydroxylation sites is 1. The number of H-pyrrole nitrogens is 1. The molecular weight excluding hydrogens is 418 g/mol. The highest BCUT2D eigenvalue weighted by molar-refractivity contribution is 7.98. The van der Waals surface area contributed by atoms with Crippen LogP contribution in [-0.4, -0.2) is 39.5 Å². The molecule has 2 aromatic carbocycles. The molecule has 162 valence electrons. The topological polar surface area (TPSA) is 124 Å². The zero-order valence-electron chi connectivity index (χ0n) is 16.9. The maximum absolute atomic E-state index is 13.1. The van der Waals surface area contributed by atoms with Gasteiger partial charge in [0.05, 0.1) is 22.9 Å². The number of carbonyl (C=O) groups is 2. The number of thioether (sulfide) groups is 1. The normalized spacial score (nSPS) is 12.9. The standard InChI is InChI=1S/C22H23N3O5S/c1-31-12-11-18(25-20(27)15-9-5-6-10-16(15)24-22(25)30)19(26)23-17(21(28)29)13-14-7-3-2-4-8-14/h2-10,17-18H,11-13H2,1H3,(H,23,26)(H,24,30)(H,28,29)/p-1/t17-,18+/m0/s1. The van der Waals surface area contributed by atoms with Crippen LogP contribution in [-0.2, 0) is 16.0 Å². The molecule has 1 aromatic heterocycles. The molecular formula is C22H22N3O5S-. The van der Waals surface area contributed by atoms with Gasteiger partial charge in [-0.25, -0.2) is 9.36 Å². The molecule has 0 aliphatic rings. The summed E-state index contributed by atoms with van der Waals surface area (Å²) >= 11 is 1.45. The van der Waals surface area contributed by atoms with Crippen LogP contribution in [0.2, 0.25) is 0 Å². The molecule has 0 spiro atoms. The van der Waals surface area contributed by atoms with Crippen LogP contribution in [0.5, 0.6) is 0 Å². The lowest BCUT2D eigenvalue weighted by atomic mass is 10.1. The molecule has 0 saturated carbocycles. The van der Waals surface area contributed by atoms with E-state index < -0.39 is 35.2 Å². The molecule has 2 atom stereocenters. The van der Waals surface area contributed by atoms with E-state index in [1.54, 1.807) is 54.6 Å². The Morgan fingerprint density at radius 3 is 2.45 bits per heavy atom. The predicted molar refractivity (Wildman–Crippen MR) is 118 cm³/mol. The summed E-state index contributed by atoms with van der Waals surface area (Å²) in [5.74, 6) is -1.67. The number of aliphatic carboxylic acids is 1. The van der Waals surface area contributed by atoms with Crippen LogP contribution in [0.25, 0.3) is 10.9 Å². The summed E-state index contributed by atoms with van der Waals surface area (Å²) in [6.45, 7) is 0. The van der Waals surface area contributed by atoms with Gasteiger partial charge in [0.25, 0.3) is 5.56 Å². The Morgan fingerprint density at radius 1 is 1.10 bits per heavy atom. The van der Waals surface area contributed by atoms with Crippen molar-refractivity contribution in [2.24, 2.45) is 0 Å². The number of aromatic nitrogens is 2. The smallest absolute Gasteiger partial charge is 0.329 e. The van der Waals surface area contributed by atoms with Crippen molar-refractivity contribution in [1.82, 2.24) is 14.9 Å². The first-order valence-electron chi connectivity index (χ1n) is 9.70. The highest BCUT2D eigenvalue weighted by Gasteiger charge is 2.27. The second-order valence-electron chi connectivity index (χ2n) is 7.02. The fraction of sp³-hybridized carbons (Fsp3) is 0.273. The number of hydrogen-bond acceptors (Lipinski definition) is 6. The number of carboxylic acids is 1. The molecule has 3 rings (SSSR count). The van der Waals surface area contributed by atoms with Crippen molar-refractivity contribution in [1.29, 1.82) is 0 Å². The monoisotopic (exact) mass is 440 g/mol. The summed E-state index contributed by atoms with van der Waals surface area (Å²) < 4.78 is 0.864. The number of amides is 1. The molecule has 0 fully saturated rings. The van der Waals surface area contributed by atoms with Crippen LogP contribution in [0.1, 0.15) is 18.0 Å². The minimum atomic E-state index is -1.44. The number of carbonyl (C=O) groups excluding carboxylic acids is 2. The molecule has 1 amide bonds. The third-order valence-electron chi connectivity index (χ3n) is 4.93. The molecule has 0 unspecified atom stereocenters. The molecule has 0 aliphatic carbocycles. The third kappa shape index (κ3) is 5.24. The number of carboxylic acid groups (broad SMARTS) is 1. The van der Waals surface area contributed by atoms with Crippen LogP contribution in [0, 0.1) is 0 Å². The molecule has 0 bridgehead atoms. The molecule has 0 aliphatic heterocycles. The Labute approximate surface area is 182 Å². The number of hydrogen-bond donors (Lipinski definition) is 2. The number of rotatable bonds is 9. The SMILES string of the molecule is CSCC[C@H](C(=O)N[C@@H](Cc1ccccc1)C(=O)[O-])n1c(=O)[nH]c2ccccc2c1=O. The summed E-state index contributed by atoms with van der Waals surface area (Å²) in [6, 6.07) is 12.9. The minimum Gasteiger partial charge on any atom is -0.548 e. The van der Waals surface area contributed by atoms with Crippen molar-refractivity contribution in [2.75, 3.05) is 12.0 Å². The Kier molecular flexibility index (Phi) is 7.30. The van der Waals surface area contributed by atoms with Gasteiger partial charge in [0.2, 0.25) is 5.91 Å². The lowest BCUT2D eigenvalue weighted by Crippen LogP contribution is -2.53. The summed E-state index contributed by atoms with van der Waals surface area (Å²) in [6.07, 6.45) is 2.04. The fourth-order valence-electron chi connectivity index (χ4n) is 3.38. The Morgan fingerprint density at radius 2 is 1.77 bits per heavy atom. The highest BCUT2D eigenvalue weighted by Crippen LogP contribution is 2.14. The van der Waals surface area contributed by atoms with E-state index in [2.05, 4.69) is 10.3 Å². The molecule has 0 radical (unpaired) electrons. The maximum Gasteiger partial charge on any atom is 0.329 e. The molecule has 8 nitrogen and oxygen atoms in total. The average molecular weight is 441 g/mol. The first-order chi connectivity index (χ1) is 14.9. The van der Waals surface area contributed by atoms with Gasteiger partial charge < -0.3 is 20.2 Å². The third-order valence-corrected chi connectivity index (χ3v) is 5.57. The molecule has 0 saturated heterocycles. The van der Waals surface area contributed by atoms with E-state index in [1.165, 1.54) is 11.8 Å². The quantitative estimate of drug-likeness (QED) is 0.498. The number of aromatic amines is 1. The molecule has 31 heavy (non-hydrogen) atoms. The van der Waals surface area contributed by atoms with Crippen molar-refractivity contribution < 1.29 is 14.7 Å².